The quantitative estimate of drug-likeness (QED) is 0.343. The lowest BCUT2D eigenvalue weighted by atomic mass is 10.1. The number of nitrogens with two attached hydrogens (primary N) is 1. The number of ether oxygens (including phenoxy) is 1. The van der Waals surface area contributed by atoms with Crippen LogP contribution in [0.4, 0.5) is 0 Å². The zero-order chi connectivity index (χ0) is 28.0. The molecule has 2 bridgehead atoms. The molecule has 41 heavy (non-hydrogen) atoms. The predicted molar refractivity (Wildman–Crippen MR) is 156 cm³/mol. The van der Waals surface area contributed by atoms with Crippen LogP contribution in [0.25, 0.3) is 45.0 Å². The molecule has 10 heteroatoms. The first-order chi connectivity index (χ1) is 19.9. The van der Waals surface area contributed by atoms with Crippen molar-refractivity contribution in [3.05, 3.63) is 48.2 Å². The molecule has 5 aromatic rings. The smallest absolute Gasteiger partial charge is 0.254 e. The average molecular weight is 551 g/mol. The fraction of sp³-hybridized carbons (Fsp3) is 0.419. The molecular formula is C31H34N8O2. The Morgan fingerprint density at radius 3 is 2.59 bits per heavy atom. The number of imidazole rings is 1. The van der Waals surface area contributed by atoms with Crippen molar-refractivity contribution in [1.29, 1.82) is 0 Å². The number of piperidine rings is 1. The summed E-state index contributed by atoms with van der Waals surface area (Å²) in [6, 6.07) is 12.3. The third-order valence-electron chi connectivity index (χ3n) is 9.40. The van der Waals surface area contributed by atoms with E-state index in [0.29, 0.717) is 23.1 Å². The van der Waals surface area contributed by atoms with Gasteiger partial charge in [-0.15, -0.1) is 0 Å². The molecule has 1 amide bonds. The van der Waals surface area contributed by atoms with Crippen LogP contribution in [0, 0.1) is 11.8 Å². The minimum absolute atomic E-state index is 0.00847. The lowest BCUT2D eigenvalue weighted by Gasteiger charge is -2.27. The first kappa shape index (κ1) is 24.6. The molecule has 2 unspecified atom stereocenters. The van der Waals surface area contributed by atoms with Crippen LogP contribution in [0.15, 0.2) is 42.6 Å². The molecule has 5 heterocycles. The maximum absolute atomic E-state index is 13.7. The number of methoxy groups -OCH3 is 1. The molecule has 4 aromatic heterocycles. The topological polar surface area (TPSA) is 109 Å². The molecule has 1 aromatic carbocycles. The second kappa shape index (κ2) is 8.91. The highest BCUT2D eigenvalue weighted by atomic mass is 16.5. The number of carbonyl (C=O) groups excluding carboxylic acids is 1. The minimum atomic E-state index is 0.00847. The van der Waals surface area contributed by atoms with Crippen molar-refractivity contribution in [2.24, 2.45) is 31.7 Å². The van der Waals surface area contributed by atoms with Gasteiger partial charge in [-0.1, -0.05) is 0 Å². The number of rotatable bonds is 6. The van der Waals surface area contributed by atoms with Crippen molar-refractivity contribution in [2.45, 2.75) is 44.3 Å². The van der Waals surface area contributed by atoms with Crippen molar-refractivity contribution in [2.75, 3.05) is 13.7 Å². The van der Waals surface area contributed by atoms with Gasteiger partial charge in [0.1, 0.15) is 22.6 Å². The van der Waals surface area contributed by atoms with Crippen molar-refractivity contribution in [3.8, 4) is 28.7 Å². The monoisotopic (exact) mass is 550 g/mol. The molecule has 210 valence electrons. The number of fused-ring (bicyclic) bond motifs is 4. The Balaban J connectivity index is 1.25. The molecular weight excluding hydrogens is 516 g/mol. The van der Waals surface area contributed by atoms with Crippen LogP contribution < -0.4 is 10.5 Å². The van der Waals surface area contributed by atoms with Crippen LogP contribution in [0.2, 0.25) is 0 Å². The Morgan fingerprint density at radius 2 is 1.90 bits per heavy atom. The van der Waals surface area contributed by atoms with Crippen LogP contribution in [0.1, 0.15) is 36.0 Å². The number of aryl methyl sites for hydroxylation is 2. The lowest BCUT2D eigenvalue weighted by molar-refractivity contribution is 0.0700. The molecule has 1 aliphatic heterocycles. The highest BCUT2D eigenvalue weighted by molar-refractivity contribution is 6.00. The predicted octanol–water partition coefficient (Wildman–Crippen LogP) is 3.97. The van der Waals surface area contributed by atoms with E-state index >= 15 is 0 Å². The number of aromatic nitrogens is 6. The molecule has 3 aliphatic rings. The number of carbonyl (C=O) groups is 1. The Kier molecular flexibility index (Phi) is 5.35. The molecule has 0 spiro atoms. The van der Waals surface area contributed by atoms with E-state index < -0.39 is 0 Å². The summed E-state index contributed by atoms with van der Waals surface area (Å²) in [7, 11) is 5.58. The first-order valence-electron chi connectivity index (χ1n) is 14.5. The van der Waals surface area contributed by atoms with E-state index in [4.69, 9.17) is 20.4 Å². The molecule has 2 aliphatic carbocycles. The summed E-state index contributed by atoms with van der Waals surface area (Å²) in [4.78, 5) is 25.8. The second-order valence-electron chi connectivity index (χ2n) is 12.0. The fourth-order valence-electron chi connectivity index (χ4n) is 7.02. The van der Waals surface area contributed by atoms with Gasteiger partial charge in [0.2, 0.25) is 0 Å². The van der Waals surface area contributed by atoms with E-state index in [1.54, 1.807) is 11.8 Å². The Hall–Kier alpha value is -4.18. The number of pyridine rings is 1. The fourth-order valence-corrected chi connectivity index (χ4v) is 7.02. The molecule has 1 saturated heterocycles. The van der Waals surface area contributed by atoms with Crippen LogP contribution in [-0.4, -0.2) is 65.4 Å². The van der Waals surface area contributed by atoms with Crippen LogP contribution in [0.3, 0.4) is 0 Å². The van der Waals surface area contributed by atoms with Crippen molar-refractivity contribution in [1.82, 2.24) is 33.8 Å². The van der Waals surface area contributed by atoms with E-state index in [1.165, 1.54) is 12.8 Å². The van der Waals surface area contributed by atoms with E-state index in [9.17, 15) is 4.79 Å². The van der Waals surface area contributed by atoms with Crippen molar-refractivity contribution < 1.29 is 9.53 Å². The number of likely N-dealkylation sites (tertiary alicyclic amines) is 1. The van der Waals surface area contributed by atoms with Crippen LogP contribution in [0.5, 0.6) is 5.75 Å². The SMILES string of the molecule is COc1cc(C(=O)N2CC3CCC2[C@@H]3N)cc2nc(-c3cc4ccc(-c5ccn(C)n5)nc4n3CC3CC3)n(C)c12. The molecule has 3 fully saturated rings. The Bertz CT molecular complexity index is 1840. The summed E-state index contributed by atoms with van der Waals surface area (Å²) in [5.41, 5.74) is 12.3. The minimum Gasteiger partial charge on any atom is -0.494 e. The maximum Gasteiger partial charge on any atom is 0.254 e. The summed E-state index contributed by atoms with van der Waals surface area (Å²) in [6.45, 7) is 1.62. The van der Waals surface area contributed by atoms with Gasteiger partial charge in [0.15, 0.2) is 5.82 Å². The third-order valence-corrected chi connectivity index (χ3v) is 9.40. The third kappa shape index (κ3) is 3.80. The highest BCUT2D eigenvalue weighted by Gasteiger charge is 2.47. The van der Waals surface area contributed by atoms with Gasteiger partial charge in [-0.25, -0.2) is 9.97 Å². The van der Waals surface area contributed by atoms with E-state index in [-0.39, 0.29) is 18.0 Å². The van der Waals surface area contributed by atoms with Gasteiger partial charge in [0.05, 0.1) is 24.0 Å². The van der Waals surface area contributed by atoms with Crippen LogP contribution >= 0.6 is 0 Å². The molecule has 10 nitrogen and oxygen atoms in total. The summed E-state index contributed by atoms with van der Waals surface area (Å²) < 4.78 is 12.0. The summed E-state index contributed by atoms with van der Waals surface area (Å²) in [5.74, 6) is 2.51. The van der Waals surface area contributed by atoms with E-state index in [2.05, 4.69) is 26.4 Å². The maximum atomic E-state index is 13.7. The number of nitrogens with zero attached hydrogens (tertiary/aromatic N) is 7. The standard InChI is InChI=1S/C31H34N8O2/c1-36-11-10-22(35-36)21-8-6-18-13-25(38(29(18)33-21)15-17-4-5-17)30-34-23-12-20(14-26(41-3)28(23)37(30)2)31(40)39-16-19-7-9-24(39)27(19)32/h6,8,10-14,17,19,24,27H,4-5,7,9,15-16,32H2,1-3H3/t19?,24?,27-/m1/s1. The van der Waals surface area contributed by atoms with Gasteiger partial charge >= 0.3 is 0 Å². The average Bonchev–Trinajstić information content (AvgIpc) is 3.24. The first-order valence-corrected chi connectivity index (χ1v) is 14.5. The van der Waals surface area contributed by atoms with Crippen molar-refractivity contribution >= 4 is 28.0 Å². The van der Waals surface area contributed by atoms with Gasteiger partial charge in [-0.2, -0.15) is 5.10 Å². The zero-order valence-corrected chi connectivity index (χ0v) is 23.6. The number of amides is 1. The van der Waals surface area contributed by atoms with Crippen molar-refractivity contribution in [3.63, 3.8) is 0 Å². The molecule has 2 saturated carbocycles. The molecule has 0 radical (unpaired) electrons. The van der Waals surface area contributed by atoms with Crippen LogP contribution in [-0.2, 0) is 20.6 Å². The Labute approximate surface area is 237 Å². The number of benzene rings is 1. The summed E-state index contributed by atoms with van der Waals surface area (Å²) in [5, 5.41) is 5.63. The number of hydrogen-bond acceptors (Lipinski definition) is 6. The summed E-state index contributed by atoms with van der Waals surface area (Å²) >= 11 is 0. The van der Waals surface area contributed by atoms with E-state index in [1.807, 2.05) is 49.5 Å². The molecule has 3 atom stereocenters. The Morgan fingerprint density at radius 1 is 1.05 bits per heavy atom. The van der Waals surface area contributed by atoms with Gasteiger partial charge < -0.3 is 24.5 Å². The molecule has 8 rings (SSSR count). The summed E-state index contributed by atoms with van der Waals surface area (Å²) in [6.07, 6.45) is 6.47. The van der Waals surface area contributed by atoms with Gasteiger partial charge in [-0.3, -0.25) is 9.48 Å². The van der Waals surface area contributed by atoms with E-state index in [0.717, 1.165) is 70.9 Å². The van der Waals surface area contributed by atoms with Gasteiger partial charge in [0.25, 0.3) is 5.91 Å². The second-order valence-corrected chi connectivity index (χ2v) is 12.0. The number of hydrogen-bond donors (Lipinski definition) is 1. The zero-order valence-electron chi connectivity index (χ0n) is 23.6. The van der Waals surface area contributed by atoms with Gasteiger partial charge in [0, 0.05) is 56.4 Å². The molecule has 2 N–H and O–H groups in total. The normalized spacial score (nSPS) is 22.0. The lowest BCUT2D eigenvalue weighted by Crippen LogP contribution is -2.41. The highest BCUT2D eigenvalue weighted by Crippen LogP contribution is 2.40. The largest absolute Gasteiger partial charge is 0.494 e. The van der Waals surface area contributed by atoms with Gasteiger partial charge in [-0.05, 0) is 73.9 Å².